The van der Waals surface area contributed by atoms with Gasteiger partial charge in [-0.2, -0.15) is 0 Å². The number of ether oxygens (including phenoxy) is 1. The molecule has 1 aliphatic rings. The van der Waals surface area contributed by atoms with Crippen molar-refractivity contribution >= 4 is 5.69 Å². The number of hydrogen-bond donors (Lipinski definition) is 2. The van der Waals surface area contributed by atoms with Crippen molar-refractivity contribution in [1.29, 1.82) is 0 Å². The molecule has 0 amide bonds. The van der Waals surface area contributed by atoms with Crippen LogP contribution in [0.1, 0.15) is 31.7 Å². The second kappa shape index (κ2) is 7.50. The number of benzene rings is 1. The fourth-order valence-electron chi connectivity index (χ4n) is 2.61. The number of aliphatic hydroxyl groups excluding tert-OH is 1. The third kappa shape index (κ3) is 3.87. The first kappa shape index (κ1) is 15.1. The monoisotopic (exact) mass is 278 g/mol. The van der Waals surface area contributed by atoms with Crippen LogP contribution in [0.5, 0.6) is 5.75 Å². The third-order valence-corrected chi connectivity index (χ3v) is 3.81. The van der Waals surface area contributed by atoms with Crippen LogP contribution in [0, 0.1) is 0 Å². The number of aliphatic hydroxyl groups is 1. The molecule has 2 rings (SSSR count). The van der Waals surface area contributed by atoms with Gasteiger partial charge in [0, 0.05) is 19.6 Å². The lowest BCUT2D eigenvalue weighted by Crippen LogP contribution is -2.36. The summed E-state index contributed by atoms with van der Waals surface area (Å²) in [7, 11) is 1.72. The summed E-state index contributed by atoms with van der Waals surface area (Å²) in [5.41, 5.74) is 2.38. The summed E-state index contributed by atoms with van der Waals surface area (Å²) in [4.78, 5) is 2.30. The highest BCUT2D eigenvalue weighted by molar-refractivity contribution is 5.60. The Morgan fingerprint density at radius 2 is 2.10 bits per heavy atom. The van der Waals surface area contributed by atoms with E-state index in [-0.39, 0.29) is 6.10 Å². The van der Waals surface area contributed by atoms with Crippen molar-refractivity contribution < 1.29 is 9.84 Å². The molecule has 1 aliphatic heterocycles. The fourth-order valence-corrected chi connectivity index (χ4v) is 2.61. The zero-order valence-electron chi connectivity index (χ0n) is 12.6. The van der Waals surface area contributed by atoms with Gasteiger partial charge >= 0.3 is 0 Å². The van der Waals surface area contributed by atoms with E-state index in [4.69, 9.17) is 4.74 Å². The Hall–Kier alpha value is -1.26. The molecule has 1 fully saturated rings. The maximum atomic E-state index is 9.60. The molecule has 0 atom stereocenters. The van der Waals surface area contributed by atoms with E-state index >= 15 is 0 Å². The van der Waals surface area contributed by atoms with Crippen molar-refractivity contribution in [3.05, 3.63) is 23.8 Å². The Morgan fingerprint density at radius 1 is 1.35 bits per heavy atom. The molecule has 0 spiro atoms. The third-order valence-electron chi connectivity index (χ3n) is 3.81. The van der Waals surface area contributed by atoms with Gasteiger partial charge in [0.15, 0.2) is 0 Å². The van der Waals surface area contributed by atoms with E-state index in [1.807, 2.05) is 0 Å². The van der Waals surface area contributed by atoms with Gasteiger partial charge in [0.05, 0.1) is 18.9 Å². The van der Waals surface area contributed by atoms with Gasteiger partial charge in [-0.15, -0.1) is 0 Å². The number of piperidine rings is 1. The van der Waals surface area contributed by atoms with E-state index in [9.17, 15) is 5.11 Å². The van der Waals surface area contributed by atoms with Gasteiger partial charge in [0.1, 0.15) is 5.75 Å². The summed E-state index contributed by atoms with van der Waals surface area (Å²) in [6.45, 7) is 5.87. The van der Waals surface area contributed by atoms with Crippen LogP contribution in [0.2, 0.25) is 0 Å². The maximum absolute atomic E-state index is 9.60. The van der Waals surface area contributed by atoms with Crippen LogP contribution >= 0.6 is 0 Å². The highest BCUT2D eigenvalue weighted by Gasteiger charge is 2.19. The van der Waals surface area contributed by atoms with Crippen LogP contribution in [0.3, 0.4) is 0 Å². The Kier molecular flexibility index (Phi) is 5.68. The van der Waals surface area contributed by atoms with Crippen LogP contribution < -0.4 is 15.0 Å². The molecule has 1 heterocycles. The molecule has 2 N–H and O–H groups in total. The van der Waals surface area contributed by atoms with Crippen LogP contribution in [0.15, 0.2) is 18.2 Å². The second-order valence-electron chi connectivity index (χ2n) is 5.40. The Morgan fingerprint density at radius 3 is 2.75 bits per heavy atom. The molecule has 0 radical (unpaired) electrons. The van der Waals surface area contributed by atoms with Gasteiger partial charge in [-0.05, 0) is 43.5 Å². The van der Waals surface area contributed by atoms with Crippen molar-refractivity contribution in [3.63, 3.8) is 0 Å². The largest absolute Gasteiger partial charge is 0.495 e. The molecule has 0 bridgehead atoms. The van der Waals surface area contributed by atoms with Crippen molar-refractivity contribution in [2.45, 2.75) is 38.8 Å². The Balaban J connectivity index is 2.05. The Bertz CT molecular complexity index is 415. The quantitative estimate of drug-likeness (QED) is 0.783. The van der Waals surface area contributed by atoms with Crippen LogP contribution in [-0.2, 0) is 6.54 Å². The van der Waals surface area contributed by atoms with Crippen LogP contribution in [0.4, 0.5) is 5.69 Å². The molecule has 0 unspecified atom stereocenters. The molecular formula is C16H26N2O2. The molecule has 1 aromatic rings. The predicted octanol–water partition coefficient (Wildman–Crippen LogP) is 2.16. The van der Waals surface area contributed by atoms with Gasteiger partial charge in [-0.25, -0.2) is 0 Å². The molecular weight excluding hydrogens is 252 g/mol. The SMILES string of the molecule is CCCNCc1ccc(N2CCC(O)CC2)c(OC)c1. The average Bonchev–Trinajstić information content (AvgIpc) is 2.48. The lowest BCUT2D eigenvalue weighted by Gasteiger charge is -2.32. The molecule has 0 aliphatic carbocycles. The fraction of sp³-hybridized carbons (Fsp3) is 0.625. The minimum Gasteiger partial charge on any atom is -0.495 e. The highest BCUT2D eigenvalue weighted by Crippen LogP contribution is 2.31. The maximum Gasteiger partial charge on any atom is 0.142 e. The minimum absolute atomic E-state index is 0.144. The van der Waals surface area contributed by atoms with Crippen molar-refractivity contribution in [1.82, 2.24) is 5.32 Å². The molecule has 4 heteroatoms. The lowest BCUT2D eigenvalue weighted by atomic mass is 10.1. The number of rotatable bonds is 6. The normalized spacial score (nSPS) is 16.4. The van der Waals surface area contributed by atoms with Crippen molar-refractivity contribution in [2.24, 2.45) is 0 Å². The first-order chi connectivity index (χ1) is 9.74. The van der Waals surface area contributed by atoms with E-state index in [1.165, 1.54) is 5.56 Å². The summed E-state index contributed by atoms with van der Waals surface area (Å²) in [6.07, 6.45) is 2.67. The molecule has 4 nitrogen and oxygen atoms in total. The van der Waals surface area contributed by atoms with Gasteiger partial charge in [0.2, 0.25) is 0 Å². The van der Waals surface area contributed by atoms with Crippen LogP contribution in [-0.4, -0.2) is 38.0 Å². The van der Waals surface area contributed by atoms with Crippen molar-refractivity contribution in [3.8, 4) is 5.75 Å². The number of methoxy groups -OCH3 is 1. The number of nitrogens with one attached hydrogen (secondary N) is 1. The van der Waals surface area contributed by atoms with Crippen molar-refractivity contribution in [2.75, 3.05) is 31.6 Å². The summed E-state index contributed by atoms with van der Waals surface area (Å²) in [5.74, 6) is 0.928. The van der Waals surface area contributed by atoms with E-state index < -0.39 is 0 Å². The molecule has 1 aromatic carbocycles. The topological polar surface area (TPSA) is 44.7 Å². The number of anilines is 1. The number of hydrogen-bond acceptors (Lipinski definition) is 4. The minimum atomic E-state index is -0.144. The van der Waals surface area contributed by atoms with Gasteiger partial charge in [-0.3, -0.25) is 0 Å². The summed E-state index contributed by atoms with van der Waals surface area (Å²) < 4.78 is 5.54. The second-order valence-corrected chi connectivity index (χ2v) is 5.40. The van der Waals surface area contributed by atoms with E-state index in [0.29, 0.717) is 0 Å². The molecule has 20 heavy (non-hydrogen) atoms. The van der Waals surface area contributed by atoms with Gasteiger partial charge in [-0.1, -0.05) is 13.0 Å². The van der Waals surface area contributed by atoms with Gasteiger partial charge < -0.3 is 20.1 Å². The summed E-state index contributed by atoms with van der Waals surface area (Å²) >= 11 is 0. The first-order valence-corrected chi connectivity index (χ1v) is 7.55. The average molecular weight is 278 g/mol. The molecule has 0 saturated carbocycles. The lowest BCUT2D eigenvalue weighted by molar-refractivity contribution is 0.145. The highest BCUT2D eigenvalue weighted by atomic mass is 16.5. The predicted molar refractivity (Wildman–Crippen MR) is 82.4 cm³/mol. The molecule has 1 saturated heterocycles. The molecule has 0 aromatic heterocycles. The first-order valence-electron chi connectivity index (χ1n) is 7.55. The summed E-state index contributed by atoms with van der Waals surface area (Å²) in [5, 5.41) is 13.0. The van der Waals surface area contributed by atoms with Gasteiger partial charge in [0.25, 0.3) is 0 Å². The number of nitrogens with zero attached hydrogens (tertiary/aromatic N) is 1. The summed E-state index contributed by atoms with van der Waals surface area (Å²) in [6, 6.07) is 6.41. The molecule has 112 valence electrons. The zero-order valence-corrected chi connectivity index (χ0v) is 12.6. The zero-order chi connectivity index (χ0) is 14.4. The smallest absolute Gasteiger partial charge is 0.142 e. The standard InChI is InChI=1S/C16H26N2O2/c1-3-8-17-12-13-4-5-15(16(11-13)20-2)18-9-6-14(19)7-10-18/h4-5,11,14,17,19H,3,6-10,12H2,1-2H3. The van der Waals surface area contributed by atoms with E-state index in [0.717, 1.165) is 56.9 Å². The van der Waals surface area contributed by atoms with E-state index in [2.05, 4.69) is 35.3 Å². The Labute approximate surface area is 121 Å². The van der Waals surface area contributed by atoms with Crippen LogP contribution in [0.25, 0.3) is 0 Å². The van der Waals surface area contributed by atoms with E-state index in [1.54, 1.807) is 7.11 Å².